The van der Waals surface area contributed by atoms with E-state index in [1.54, 1.807) is 24.3 Å². The maximum atomic E-state index is 13.6. The Labute approximate surface area is 205 Å². The summed E-state index contributed by atoms with van der Waals surface area (Å²) in [6, 6.07) is 9.91. The molecule has 0 bridgehead atoms. The van der Waals surface area contributed by atoms with E-state index in [-0.39, 0.29) is 28.0 Å². The highest BCUT2D eigenvalue weighted by Crippen LogP contribution is 2.43. The van der Waals surface area contributed by atoms with E-state index in [1.165, 1.54) is 34.4 Å². The van der Waals surface area contributed by atoms with Gasteiger partial charge in [0.25, 0.3) is 11.6 Å². The Bertz CT molecular complexity index is 1530. The van der Waals surface area contributed by atoms with Crippen LogP contribution >= 0.6 is 27.3 Å². The number of carbonyl (C=O) groups excluding carboxylic acids is 1. The molecule has 9 nitrogen and oxygen atoms in total. The molecule has 2 aromatic heterocycles. The van der Waals surface area contributed by atoms with E-state index in [0.717, 1.165) is 5.01 Å². The molecule has 1 unspecified atom stereocenters. The lowest BCUT2D eigenvalue weighted by molar-refractivity contribution is -0.384. The third kappa shape index (κ3) is 3.70. The van der Waals surface area contributed by atoms with Crippen LogP contribution in [-0.4, -0.2) is 21.0 Å². The predicted molar refractivity (Wildman–Crippen MR) is 130 cm³/mol. The van der Waals surface area contributed by atoms with Gasteiger partial charge in [0.15, 0.2) is 5.43 Å². The summed E-state index contributed by atoms with van der Waals surface area (Å²) >= 11 is 4.62. The van der Waals surface area contributed by atoms with Crippen molar-refractivity contribution < 1.29 is 14.1 Å². The van der Waals surface area contributed by atoms with Crippen LogP contribution < -0.4 is 10.3 Å². The summed E-state index contributed by atoms with van der Waals surface area (Å²) in [6.07, 6.45) is 0.684. The number of anilines is 1. The number of non-ortho nitro benzene ring substituents is 1. The lowest BCUT2D eigenvalue weighted by Gasteiger charge is -2.21. The molecule has 1 aliphatic rings. The molecule has 3 heterocycles. The van der Waals surface area contributed by atoms with E-state index in [1.807, 2.05) is 0 Å². The molecular formula is C23H17BrN4O5S. The van der Waals surface area contributed by atoms with E-state index in [9.17, 15) is 19.7 Å². The predicted octanol–water partition coefficient (Wildman–Crippen LogP) is 5.26. The maximum absolute atomic E-state index is 13.6. The van der Waals surface area contributed by atoms with Crippen molar-refractivity contribution in [2.75, 3.05) is 4.90 Å². The monoisotopic (exact) mass is 540 g/mol. The Balaban J connectivity index is 1.76. The van der Waals surface area contributed by atoms with Crippen LogP contribution in [0.25, 0.3) is 11.0 Å². The second-order valence-electron chi connectivity index (χ2n) is 8.32. The first kappa shape index (κ1) is 22.4. The van der Waals surface area contributed by atoms with Gasteiger partial charge in [0, 0.05) is 23.0 Å². The topological polar surface area (TPSA) is 119 Å². The number of hydrogen-bond donors (Lipinski definition) is 0. The smallest absolute Gasteiger partial charge is 0.297 e. The number of amides is 1. The van der Waals surface area contributed by atoms with Crippen molar-refractivity contribution in [3.05, 3.63) is 89.2 Å². The number of nitrogens with zero attached hydrogens (tertiary/aromatic N) is 4. The zero-order valence-electron chi connectivity index (χ0n) is 18.0. The zero-order chi connectivity index (χ0) is 24.1. The molecule has 1 amide bonds. The van der Waals surface area contributed by atoms with E-state index >= 15 is 0 Å². The largest absolute Gasteiger partial charge is 0.450 e. The highest BCUT2D eigenvalue weighted by atomic mass is 79.9. The van der Waals surface area contributed by atoms with E-state index in [4.69, 9.17) is 4.42 Å². The number of nitro groups is 1. The van der Waals surface area contributed by atoms with Gasteiger partial charge in [-0.1, -0.05) is 53.2 Å². The summed E-state index contributed by atoms with van der Waals surface area (Å²) in [4.78, 5) is 39.5. The molecule has 0 saturated carbocycles. The highest BCUT2D eigenvalue weighted by molar-refractivity contribution is 9.10. The SMILES string of the molecule is CC(C)Cc1nnc(N2C(=O)c3oc4ccc(Br)cc4c(=O)c3C2c2cccc([N+](=O)[O-])c2)s1. The summed E-state index contributed by atoms with van der Waals surface area (Å²) in [5, 5.41) is 21.2. The standard InChI is InChI=1S/C23H17BrN4O5S/c1-11(2)8-17-25-26-23(34-17)27-19(12-4-3-5-14(9-12)28(31)32)18-20(29)15-10-13(24)6-7-16(15)33-21(18)22(27)30/h3-7,9-11,19H,8H2,1-2H3. The van der Waals surface area contributed by atoms with Crippen LogP contribution in [0, 0.1) is 16.0 Å². The quantitative estimate of drug-likeness (QED) is 0.250. The molecular weight excluding hydrogens is 524 g/mol. The molecule has 0 N–H and O–H groups in total. The summed E-state index contributed by atoms with van der Waals surface area (Å²) < 4.78 is 6.60. The lowest BCUT2D eigenvalue weighted by Crippen LogP contribution is -2.29. The van der Waals surface area contributed by atoms with Gasteiger partial charge in [-0.2, -0.15) is 0 Å². The molecule has 1 aliphatic heterocycles. The Morgan fingerprint density at radius 1 is 1.21 bits per heavy atom. The van der Waals surface area contributed by atoms with Gasteiger partial charge in [-0.15, -0.1) is 10.2 Å². The Kier molecular flexibility index (Phi) is 5.53. The van der Waals surface area contributed by atoms with Gasteiger partial charge < -0.3 is 4.42 Å². The Morgan fingerprint density at radius 2 is 2.00 bits per heavy atom. The lowest BCUT2D eigenvalue weighted by atomic mass is 9.98. The Hall–Kier alpha value is -3.44. The first-order valence-corrected chi connectivity index (χ1v) is 12.0. The van der Waals surface area contributed by atoms with Gasteiger partial charge in [0.2, 0.25) is 10.9 Å². The molecule has 0 spiro atoms. The summed E-state index contributed by atoms with van der Waals surface area (Å²) in [7, 11) is 0. The molecule has 0 aliphatic carbocycles. The number of halogens is 1. The minimum Gasteiger partial charge on any atom is -0.450 e. The molecule has 0 fully saturated rings. The minimum atomic E-state index is -0.943. The van der Waals surface area contributed by atoms with Gasteiger partial charge in [0.05, 0.1) is 21.9 Å². The van der Waals surface area contributed by atoms with Crippen LogP contribution in [0.2, 0.25) is 0 Å². The average molecular weight is 541 g/mol. The second-order valence-corrected chi connectivity index (χ2v) is 10.3. The number of nitro benzene ring substituents is 1. The van der Waals surface area contributed by atoms with E-state index in [0.29, 0.717) is 32.9 Å². The van der Waals surface area contributed by atoms with Gasteiger partial charge in [-0.25, -0.2) is 0 Å². The molecule has 11 heteroatoms. The van der Waals surface area contributed by atoms with Crippen LogP contribution in [0.1, 0.15) is 46.6 Å². The number of fused-ring (bicyclic) bond motifs is 2. The zero-order valence-corrected chi connectivity index (χ0v) is 20.4. The maximum Gasteiger partial charge on any atom is 0.297 e. The first-order chi connectivity index (χ1) is 16.2. The van der Waals surface area contributed by atoms with Gasteiger partial charge in [-0.05, 0) is 29.7 Å². The fourth-order valence-electron chi connectivity index (χ4n) is 4.04. The summed E-state index contributed by atoms with van der Waals surface area (Å²) in [6.45, 7) is 4.10. The van der Waals surface area contributed by atoms with Crippen molar-refractivity contribution in [2.24, 2.45) is 5.92 Å². The van der Waals surface area contributed by atoms with Gasteiger partial charge >= 0.3 is 0 Å². The molecule has 0 radical (unpaired) electrons. The molecule has 1 atom stereocenters. The number of hydrogen-bond acceptors (Lipinski definition) is 8. The van der Waals surface area contributed by atoms with Crippen molar-refractivity contribution in [1.29, 1.82) is 0 Å². The average Bonchev–Trinajstić information content (AvgIpc) is 3.36. The molecule has 0 saturated heterocycles. The van der Waals surface area contributed by atoms with Crippen molar-refractivity contribution in [1.82, 2.24) is 10.2 Å². The van der Waals surface area contributed by atoms with Gasteiger partial charge in [-0.3, -0.25) is 24.6 Å². The van der Waals surface area contributed by atoms with Crippen molar-refractivity contribution >= 4 is 55.0 Å². The van der Waals surface area contributed by atoms with Crippen molar-refractivity contribution in [2.45, 2.75) is 26.3 Å². The number of aromatic nitrogens is 2. The first-order valence-electron chi connectivity index (χ1n) is 10.4. The molecule has 2 aromatic carbocycles. The fraction of sp³-hybridized carbons (Fsp3) is 0.217. The second kappa shape index (κ2) is 8.41. The highest BCUT2D eigenvalue weighted by Gasteiger charge is 2.45. The van der Waals surface area contributed by atoms with Crippen LogP contribution in [0.15, 0.2) is 56.1 Å². The minimum absolute atomic E-state index is 0.100. The third-order valence-corrected chi connectivity index (χ3v) is 6.91. The van der Waals surface area contributed by atoms with Crippen molar-refractivity contribution in [3.8, 4) is 0 Å². The summed E-state index contributed by atoms with van der Waals surface area (Å²) in [5.41, 5.74) is 0.277. The van der Waals surface area contributed by atoms with Crippen molar-refractivity contribution in [3.63, 3.8) is 0 Å². The number of benzene rings is 2. The number of rotatable bonds is 5. The van der Waals surface area contributed by atoms with Crippen LogP contribution in [0.4, 0.5) is 10.8 Å². The van der Waals surface area contributed by atoms with Gasteiger partial charge in [0.1, 0.15) is 10.6 Å². The van der Waals surface area contributed by atoms with Crippen LogP contribution in [-0.2, 0) is 6.42 Å². The third-order valence-electron chi connectivity index (χ3n) is 5.47. The number of carbonyl (C=O) groups is 1. The fourth-order valence-corrected chi connectivity index (χ4v) is 5.48. The molecule has 4 aromatic rings. The molecule has 34 heavy (non-hydrogen) atoms. The normalized spacial score (nSPS) is 15.4. The summed E-state index contributed by atoms with van der Waals surface area (Å²) in [5.74, 6) is -0.301. The molecule has 172 valence electrons. The van der Waals surface area contributed by atoms with Crippen LogP contribution in [0.3, 0.4) is 0 Å². The van der Waals surface area contributed by atoms with E-state index in [2.05, 4.69) is 40.0 Å². The molecule has 5 rings (SSSR count). The Morgan fingerprint density at radius 3 is 2.74 bits per heavy atom. The van der Waals surface area contributed by atoms with E-state index < -0.39 is 16.9 Å². The van der Waals surface area contributed by atoms with Crippen LogP contribution in [0.5, 0.6) is 0 Å².